The van der Waals surface area contributed by atoms with Gasteiger partial charge in [0.25, 0.3) is 0 Å². The third kappa shape index (κ3) is 9.38. The zero-order chi connectivity index (χ0) is 39.9. The Labute approximate surface area is 313 Å². The maximum atomic E-state index is 16.7. The summed E-state index contributed by atoms with van der Waals surface area (Å²) in [5.74, 6) is -0.718. The molecule has 1 saturated heterocycles. The molecular formula is C38H49FN6O9. The first kappa shape index (κ1) is 39.8. The molecule has 0 unspecified atom stereocenters. The summed E-state index contributed by atoms with van der Waals surface area (Å²) < 4.78 is 44.7. The van der Waals surface area contributed by atoms with Crippen LogP contribution < -0.4 is 20.3 Å². The molecule has 5 rings (SSSR count). The van der Waals surface area contributed by atoms with Crippen LogP contribution in [-0.4, -0.2) is 88.4 Å². The van der Waals surface area contributed by atoms with Gasteiger partial charge in [-0.05, 0) is 92.3 Å². The van der Waals surface area contributed by atoms with Crippen LogP contribution in [0, 0.1) is 18.7 Å². The lowest BCUT2D eigenvalue weighted by Gasteiger charge is -2.32. The Bertz CT molecular complexity index is 1970. The van der Waals surface area contributed by atoms with Crippen molar-refractivity contribution < 1.29 is 47.3 Å². The highest BCUT2D eigenvalue weighted by molar-refractivity contribution is 6.05. The molecular weight excluding hydrogens is 703 g/mol. The zero-order valence-electron chi connectivity index (χ0n) is 32.6. The second-order valence-electron chi connectivity index (χ2n) is 16.4. The lowest BCUT2D eigenvalue weighted by molar-refractivity contribution is 0.0262. The van der Waals surface area contributed by atoms with Gasteiger partial charge < -0.3 is 28.6 Å². The van der Waals surface area contributed by atoms with Crippen LogP contribution in [0.2, 0.25) is 0 Å². The van der Waals surface area contributed by atoms with Crippen LogP contribution in [0.25, 0.3) is 21.9 Å². The van der Waals surface area contributed by atoms with E-state index in [0.29, 0.717) is 28.7 Å². The standard InChI is InChI=1S/C38H49FN6O9/c1-20-18-44(34(48)53-37(6,7)8)19-26(20)51-32(46)42-27-15-22-14-23(28(39)29(25(22)17-40-27)43-33(47)52-36(3,4)5)24-16-41-31-30(21(24)2)45(12-13-50-31)35(49)54-38(9,10)11/h14-17,20,26H,12-13,18-19H2,1-11H3,(H,43,47)(H,40,42,46)/t20-,26-/m0/s1. The largest absolute Gasteiger partial charge is 0.474 e. The molecule has 0 aliphatic carbocycles. The molecule has 4 heterocycles. The van der Waals surface area contributed by atoms with Crippen LogP contribution in [-0.2, 0) is 18.9 Å². The summed E-state index contributed by atoms with van der Waals surface area (Å²) in [6, 6.07) is 3.03. The summed E-state index contributed by atoms with van der Waals surface area (Å²) in [6.07, 6.45) is -0.688. The zero-order valence-corrected chi connectivity index (χ0v) is 32.6. The van der Waals surface area contributed by atoms with Crippen molar-refractivity contribution in [2.24, 2.45) is 5.92 Å². The third-order valence-corrected chi connectivity index (χ3v) is 8.27. The molecule has 0 saturated carbocycles. The Kier molecular flexibility index (Phi) is 10.9. The highest BCUT2D eigenvalue weighted by atomic mass is 19.1. The van der Waals surface area contributed by atoms with Gasteiger partial charge in [0.05, 0.1) is 18.8 Å². The normalized spacial score (nSPS) is 17.3. The van der Waals surface area contributed by atoms with E-state index in [-0.39, 0.29) is 53.9 Å². The summed E-state index contributed by atoms with van der Waals surface area (Å²) in [7, 11) is 0. The number of amides is 4. The fraction of sp³-hybridized carbons (Fsp3) is 0.526. The summed E-state index contributed by atoms with van der Waals surface area (Å²) >= 11 is 0. The number of anilines is 3. The monoisotopic (exact) mass is 752 g/mol. The Hall–Kier alpha value is -5.41. The van der Waals surface area contributed by atoms with Crippen molar-refractivity contribution in [3.8, 4) is 17.0 Å². The van der Waals surface area contributed by atoms with Gasteiger partial charge >= 0.3 is 24.4 Å². The highest BCUT2D eigenvalue weighted by Gasteiger charge is 2.37. The van der Waals surface area contributed by atoms with Gasteiger partial charge in [-0.2, -0.15) is 0 Å². The van der Waals surface area contributed by atoms with E-state index in [2.05, 4.69) is 20.6 Å². The first-order valence-corrected chi connectivity index (χ1v) is 17.7. The lowest BCUT2D eigenvalue weighted by atomic mass is 9.96. The van der Waals surface area contributed by atoms with E-state index in [4.69, 9.17) is 23.7 Å². The topological polar surface area (TPSA) is 171 Å². The lowest BCUT2D eigenvalue weighted by Crippen LogP contribution is -2.42. The Balaban J connectivity index is 1.50. The van der Waals surface area contributed by atoms with E-state index >= 15 is 4.39 Å². The first-order chi connectivity index (χ1) is 25.0. The molecule has 16 heteroatoms. The minimum absolute atomic E-state index is 0.0258. The number of nitrogens with one attached hydrogen (secondary N) is 2. The van der Waals surface area contributed by atoms with Crippen molar-refractivity contribution in [3.63, 3.8) is 0 Å². The number of ether oxygens (including phenoxy) is 5. The van der Waals surface area contributed by atoms with Gasteiger partial charge in [-0.25, -0.2) is 33.5 Å². The number of hydrogen-bond donors (Lipinski definition) is 2. The Morgan fingerprint density at radius 1 is 0.833 bits per heavy atom. The predicted octanol–water partition coefficient (Wildman–Crippen LogP) is 8.03. The molecule has 3 aromatic rings. The van der Waals surface area contributed by atoms with Crippen molar-refractivity contribution in [1.29, 1.82) is 0 Å². The molecule has 2 N–H and O–H groups in total. The minimum Gasteiger partial charge on any atom is -0.474 e. The van der Waals surface area contributed by atoms with E-state index in [1.54, 1.807) is 69.2 Å². The molecule has 292 valence electrons. The van der Waals surface area contributed by atoms with E-state index in [9.17, 15) is 19.2 Å². The van der Waals surface area contributed by atoms with E-state index in [1.807, 2.05) is 6.92 Å². The van der Waals surface area contributed by atoms with Crippen LogP contribution in [0.15, 0.2) is 24.5 Å². The van der Waals surface area contributed by atoms with Gasteiger partial charge in [-0.15, -0.1) is 0 Å². The fourth-order valence-electron chi connectivity index (χ4n) is 6.01. The summed E-state index contributed by atoms with van der Waals surface area (Å²) in [6.45, 7) is 20.0. The van der Waals surface area contributed by atoms with Gasteiger partial charge in [0, 0.05) is 41.4 Å². The summed E-state index contributed by atoms with van der Waals surface area (Å²) in [5.41, 5.74) is -1.44. The molecule has 2 aliphatic rings. The number of nitrogens with zero attached hydrogens (tertiary/aromatic N) is 4. The first-order valence-electron chi connectivity index (χ1n) is 17.7. The average molecular weight is 753 g/mol. The molecule has 2 atom stereocenters. The number of pyridine rings is 2. The van der Waals surface area contributed by atoms with Gasteiger partial charge in [0.1, 0.15) is 41.0 Å². The quantitative estimate of drug-likeness (QED) is 0.247. The van der Waals surface area contributed by atoms with E-state index in [0.717, 1.165) is 0 Å². The van der Waals surface area contributed by atoms with Gasteiger partial charge in [0.15, 0.2) is 5.82 Å². The number of likely N-dealkylation sites (tertiary alicyclic amines) is 1. The van der Waals surface area contributed by atoms with Gasteiger partial charge in [-0.3, -0.25) is 15.5 Å². The van der Waals surface area contributed by atoms with Crippen LogP contribution >= 0.6 is 0 Å². The summed E-state index contributed by atoms with van der Waals surface area (Å²) in [5, 5.41) is 5.74. The molecule has 4 amide bonds. The Morgan fingerprint density at radius 2 is 1.48 bits per heavy atom. The number of fused-ring (bicyclic) bond motifs is 2. The van der Waals surface area contributed by atoms with Crippen LogP contribution in [0.5, 0.6) is 5.88 Å². The molecule has 0 bridgehead atoms. The molecule has 0 spiro atoms. The predicted molar refractivity (Wildman–Crippen MR) is 199 cm³/mol. The number of halogens is 1. The second-order valence-corrected chi connectivity index (χ2v) is 16.4. The molecule has 2 aromatic heterocycles. The van der Waals surface area contributed by atoms with Crippen molar-refractivity contribution >= 4 is 52.3 Å². The molecule has 0 radical (unpaired) electrons. The van der Waals surface area contributed by atoms with Gasteiger partial charge in [-0.1, -0.05) is 6.92 Å². The fourth-order valence-corrected chi connectivity index (χ4v) is 6.01. The number of carbonyl (C=O) groups is 4. The Morgan fingerprint density at radius 3 is 2.13 bits per heavy atom. The smallest absolute Gasteiger partial charge is 0.415 e. The molecule has 15 nitrogen and oxygen atoms in total. The van der Waals surface area contributed by atoms with Crippen molar-refractivity contribution in [3.05, 3.63) is 35.9 Å². The maximum absolute atomic E-state index is 16.7. The number of rotatable bonds is 4. The molecule has 1 aromatic carbocycles. The van der Waals surface area contributed by atoms with Crippen LogP contribution in [0.1, 0.15) is 74.8 Å². The van der Waals surface area contributed by atoms with Crippen molar-refractivity contribution in [2.45, 2.75) is 99.1 Å². The summed E-state index contributed by atoms with van der Waals surface area (Å²) in [4.78, 5) is 63.6. The number of hydrogen-bond acceptors (Lipinski definition) is 11. The van der Waals surface area contributed by atoms with Crippen LogP contribution in [0.3, 0.4) is 0 Å². The SMILES string of the molecule is Cc1c(-c2cc3cc(NC(=O)O[C@H]4CN(C(=O)OC(C)(C)C)C[C@@H]4C)ncc3c(NC(=O)OC(C)(C)C)c2F)cnc2c1N(C(=O)OC(C)(C)C)CCO2. The average Bonchev–Trinajstić information content (AvgIpc) is 3.39. The van der Waals surface area contributed by atoms with Crippen LogP contribution in [0.4, 0.5) is 40.8 Å². The third-order valence-electron chi connectivity index (χ3n) is 8.27. The molecule has 2 aliphatic heterocycles. The van der Waals surface area contributed by atoms with Crippen molar-refractivity contribution in [2.75, 3.05) is 41.8 Å². The van der Waals surface area contributed by atoms with E-state index in [1.165, 1.54) is 34.3 Å². The maximum Gasteiger partial charge on any atom is 0.415 e. The minimum atomic E-state index is -0.901. The molecule has 54 heavy (non-hydrogen) atoms. The second kappa shape index (κ2) is 14.8. The number of benzene rings is 1. The highest BCUT2D eigenvalue weighted by Crippen LogP contribution is 2.42. The number of aromatic nitrogens is 2. The van der Waals surface area contributed by atoms with Gasteiger partial charge in [0.2, 0.25) is 5.88 Å². The van der Waals surface area contributed by atoms with E-state index < -0.39 is 53.1 Å². The number of carbonyl (C=O) groups excluding carboxylic acids is 4. The molecule has 1 fully saturated rings. The van der Waals surface area contributed by atoms with Crippen molar-refractivity contribution in [1.82, 2.24) is 14.9 Å².